The number of nitrogens with zero attached hydrogens (tertiary/aromatic N) is 1. The molecule has 0 bridgehead atoms. The van der Waals surface area contributed by atoms with Gasteiger partial charge in [-0.25, -0.2) is 13.6 Å². The Morgan fingerprint density at radius 1 is 1.40 bits per heavy atom. The molecule has 7 nitrogen and oxygen atoms in total. The van der Waals surface area contributed by atoms with Crippen molar-refractivity contribution in [3.05, 3.63) is 39.4 Å². The van der Waals surface area contributed by atoms with Crippen LogP contribution in [0.4, 0.5) is 8.78 Å². The highest BCUT2D eigenvalue weighted by Gasteiger charge is 2.43. The number of aromatic carboxylic acids is 1. The van der Waals surface area contributed by atoms with Crippen LogP contribution in [0, 0.1) is 5.82 Å². The second-order valence-corrected chi connectivity index (χ2v) is 8.55. The average molecular weight is 419 g/mol. The monoisotopic (exact) mass is 419 g/mol. The molecule has 3 N–H and O–H groups in total. The summed E-state index contributed by atoms with van der Waals surface area (Å²) in [6.45, 7) is 1.18. The van der Waals surface area contributed by atoms with Gasteiger partial charge in [-0.15, -0.1) is 0 Å². The summed E-state index contributed by atoms with van der Waals surface area (Å²) in [6, 6.07) is 0.0662. The summed E-state index contributed by atoms with van der Waals surface area (Å²) in [5.74, 6) is -1.94. The number of fused-ring (bicyclic) bond motifs is 1. The minimum atomic E-state index is -1.43. The fraction of sp³-hybridized carbons (Fsp3) is 0.524. The predicted molar refractivity (Wildman–Crippen MR) is 106 cm³/mol. The van der Waals surface area contributed by atoms with E-state index in [9.17, 15) is 19.1 Å². The molecule has 5 rings (SSSR count). The molecule has 1 unspecified atom stereocenters. The quantitative estimate of drug-likeness (QED) is 0.704. The molecular weight excluding hydrogens is 396 g/mol. The van der Waals surface area contributed by atoms with Crippen LogP contribution in [0.5, 0.6) is 5.75 Å². The minimum Gasteiger partial charge on any atom is -0.494 e. The topological polar surface area (TPSA) is 92.6 Å². The Kier molecular flexibility index (Phi) is 4.37. The molecule has 3 atom stereocenters. The van der Waals surface area contributed by atoms with Gasteiger partial charge in [-0.05, 0) is 25.3 Å². The predicted octanol–water partition coefficient (Wildman–Crippen LogP) is 2.29. The van der Waals surface area contributed by atoms with Crippen molar-refractivity contribution in [1.29, 1.82) is 0 Å². The number of piperazine rings is 1. The van der Waals surface area contributed by atoms with Gasteiger partial charge in [0.15, 0.2) is 5.75 Å². The van der Waals surface area contributed by atoms with Crippen LogP contribution in [0.1, 0.15) is 53.7 Å². The van der Waals surface area contributed by atoms with Crippen LogP contribution in [0.25, 0.3) is 10.9 Å². The fourth-order valence-electron chi connectivity index (χ4n) is 4.79. The molecule has 2 saturated carbocycles. The van der Waals surface area contributed by atoms with E-state index in [1.165, 1.54) is 11.7 Å². The lowest BCUT2D eigenvalue weighted by Gasteiger charge is -2.48. The van der Waals surface area contributed by atoms with Crippen LogP contribution < -0.4 is 20.8 Å². The highest BCUT2D eigenvalue weighted by atomic mass is 19.1. The Balaban J connectivity index is 1.69. The molecule has 9 heteroatoms. The highest BCUT2D eigenvalue weighted by molar-refractivity contribution is 5.95. The fourth-order valence-corrected chi connectivity index (χ4v) is 4.79. The zero-order chi connectivity index (χ0) is 21.2. The van der Waals surface area contributed by atoms with Crippen LogP contribution in [-0.4, -0.2) is 47.6 Å². The van der Waals surface area contributed by atoms with Gasteiger partial charge in [0.1, 0.15) is 17.6 Å². The lowest BCUT2D eigenvalue weighted by molar-refractivity contribution is 0.0694. The first-order chi connectivity index (χ1) is 14.3. The van der Waals surface area contributed by atoms with Crippen molar-refractivity contribution in [2.24, 2.45) is 0 Å². The number of ether oxygens (including phenoxy) is 1. The van der Waals surface area contributed by atoms with Crippen LogP contribution in [-0.2, 0) is 0 Å². The lowest BCUT2D eigenvalue weighted by Crippen LogP contribution is -2.63. The third-order valence-electron chi connectivity index (χ3n) is 6.76. The second-order valence-electron chi connectivity index (χ2n) is 8.55. The number of pyridine rings is 1. The number of hydrogen-bond donors (Lipinski definition) is 3. The van der Waals surface area contributed by atoms with Crippen LogP contribution in [0.3, 0.4) is 0 Å². The van der Waals surface area contributed by atoms with Crippen LogP contribution in [0.2, 0.25) is 0 Å². The van der Waals surface area contributed by atoms with Crippen molar-refractivity contribution in [2.45, 2.75) is 49.5 Å². The van der Waals surface area contributed by atoms with Crippen molar-refractivity contribution < 1.29 is 23.4 Å². The number of methoxy groups -OCH3 is 1. The van der Waals surface area contributed by atoms with E-state index in [2.05, 4.69) is 10.6 Å². The number of hydrogen-bond acceptors (Lipinski definition) is 5. The Morgan fingerprint density at radius 2 is 2.13 bits per heavy atom. The molecule has 3 fully saturated rings. The SMILES string of the molecule is COc1c(C2CNC3(CCC3)CN2)c(F)cc2c(=O)c(C(=O)O)cn([C@@H]3C[C@@H]3F)c12. The van der Waals surface area contributed by atoms with Gasteiger partial charge < -0.3 is 25.0 Å². The number of alkyl halides is 1. The van der Waals surface area contributed by atoms with Crippen molar-refractivity contribution >= 4 is 16.9 Å². The zero-order valence-electron chi connectivity index (χ0n) is 16.5. The summed E-state index contributed by atoms with van der Waals surface area (Å²) in [4.78, 5) is 24.3. The Morgan fingerprint density at radius 3 is 2.63 bits per heavy atom. The number of benzene rings is 1. The smallest absolute Gasteiger partial charge is 0.341 e. The van der Waals surface area contributed by atoms with E-state index >= 15 is 4.39 Å². The van der Waals surface area contributed by atoms with Gasteiger partial charge >= 0.3 is 5.97 Å². The molecule has 1 aromatic heterocycles. The maximum atomic E-state index is 15.3. The molecule has 1 aromatic carbocycles. The summed E-state index contributed by atoms with van der Waals surface area (Å²) < 4.78 is 36.2. The summed E-state index contributed by atoms with van der Waals surface area (Å²) >= 11 is 0. The van der Waals surface area contributed by atoms with Gasteiger partial charge in [0, 0.05) is 31.2 Å². The van der Waals surface area contributed by atoms with Gasteiger partial charge in [0.25, 0.3) is 0 Å². The first kappa shape index (κ1) is 19.4. The third-order valence-corrected chi connectivity index (χ3v) is 6.76. The normalized spacial score (nSPS) is 27.1. The minimum absolute atomic E-state index is 0.0605. The molecule has 0 radical (unpaired) electrons. The van der Waals surface area contributed by atoms with Gasteiger partial charge in [0.05, 0.1) is 35.7 Å². The molecule has 1 spiro atoms. The summed E-state index contributed by atoms with van der Waals surface area (Å²) in [6.07, 6.45) is 3.51. The molecule has 3 aliphatic rings. The van der Waals surface area contributed by atoms with E-state index in [1.54, 1.807) is 0 Å². The van der Waals surface area contributed by atoms with Crippen molar-refractivity contribution in [2.75, 3.05) is 20.2 Å². The lowest BCUT2D eigenvalue weighted by atomic mass is 9.75. The Bertz CT molecular complexity index is 1100. The average Bonchev–Trinajstić information content (AvgIpc) is 3.42. The number of carboxylic acids is 1. The van der Waals surface area contributed by atoms with Gasteiger partial charge in [-0.3, -0.25) is 4.79 Å². The first-order valence-corrected chi connectivity index (χ1v) is 10.2. The highest BCUT2D eigenvalue weighted by Crippen LogP contribution is 2.45. The van der Waals surface area contributed by atoms with E-state index in [-0.39, 0.29) is 34.2 Å². The third kappa shape index (κ3) is 2.83. The van der Waals surface area contributed by atoms with Crippen molar-refractivity contribution in [3.8, 4) is 5.75 Å². The van der Waals surface area contributed by atoms with E-state index in [4.69, 9.17) is 4.74 Å². The maximum absolute atomic E-state index is 15.3. The standard InChI is InChI=1S/C21H23F2N3O4/c1-30-19-16(14-7-25-21(9-24-14)3-2-4-21)13(23)5-10-17(19)26(15-6-12(15)22)8-11(18(10)27)20(28)29/h5,8,12,14-15,24-25H,2-4,6-7,9H2,1H3,(H,28,29)/t12-,14?,15+/m0/s1. The zero-order valence-corrected chi connectivity index (χ0v) is 16.5. The summed E-state index contributed by atoms with van der Waals surface area (Å²) in [7, 11) is 1.38. The van der Waals surface area contributed by atoms with Crippen LogP contribution in [0.15, 0.2) is 17.1 Å². The maximum Gasteiger partial charge on any atom is 0.341 e. The summed E-state index contributed by atoms with van der Waals surface area (Å²) in [5, 5.41) is 16.2. The molecule has 2 aromatic rings. The van der Waals surface area contributed by atoms with Crippen LogP contribution >= 0.6 is 0 Å². The van der Waals surface area contributed by atoms with E-state index in [1.807, 2.05) is 0 Å². The molecule has 160 valence electrons. The van der Waals surface area contributed by atoms with Crippen molar-refractivity contribution in [3.63, 3.8) is 0 Å². The molecule has 2 heterocycles. The largest absolute Gasteiger partial charge is 0.494 e. The Labute approximate surface area is 171 Å². The first-order valence-electron chi connectivity index (χ1n) is 10.2. The molecule has 30 heavy (non-hydrogen) atoms. The molecule has 0 amide bonds. The number of rotatable bonds is 4. The summed E-state index contributed by atoms with van der Waals surface area (Å²) in [5.41, 5.74) is -0.763. The van der Waals surface area contributed by atoms with Gasteiger partial charge in [-0.2, -0.15) is 0 Å². The molecular formula is C21H23F2N3O4. The number of aromatic nitrogens is 1. The Hall–Kier alpha value is -2.52. The van der Waals surface area contributed by atoms with Gasteiger partial charge in [-0.1, -0.05) is 0 Å². The number of nitrogens with one attached hydrogen (secondary N) is 2. The number of halogens is 2. The van der Waals surface area contributed by atoms with E-state index in [0.717, 1.165) is 31.5 Å². The van der Waals surface area contributed by atoms with Crippen molar-refractivity contribution in [1.82, 2.24) is 15.2 Å². The number of carbonyl (C=O) groups is 1. The molecule has 1 saturated heterocycles. The van der Waals surface area contributed by atoms with E-state index < -0.39 is 41.0 Å². The molecule has 1 aliphatic heterocycles. The van der Waals surface area contributed by atoms with Gasteiger partial charge in [0.2, 0.25) is 5.43 Å². The van der Waals surface area contributed by atoms with E-state index in [0.29, 0.717) is 13.1 Å². The molecule has 2 aliphatic carbocycles. The number of carboxylic acid groups (broad SMARTS) is 1. The second kappa shape index (κ2) is 6.75.